The van der Waals surface area contributed by atoms with Crippen LogP contribution in [0.15, 0.2) is 42.5 Å². The van der Waals surface area contributed by atoms with E-state index in [2.05, 4.69) is 5.32 Å². The molecule has 4 nitrogen and oxygen atoms in total. The Morgan fingerprint density at radius 2 is 1.72 bits per heavy atom. The van der Waals surface area contributed by atoms with Gasteiger partial charge in [0, 0.05) is 0 Å². The third-order valence-corrected chi connectivity index (χ3v) is 4.13. The molecule has 0 heterocycles. The van der Waals surface area contributed by atoms with Gasteiger partial charge in [-0.15, -0.1) is 0 Å². The zero-order chi connectivity index (χ0) is 18.4. The number of hydrogen-bond acceptors (Lipinski definition) is 3. The summed E-state index contributed by atoms with van der Waals surface area (Å²) in [5, 5.41) is 2.93. The van der Waals surface area contributed by atoms with Gasteiger partial charge in [-0.3, -0.25) is 4.79 Å². The molecule has 0 fully saturated rings. The zero-order valence-electron chi connectivity index (χ0n) is 15.6. The first-order valence-electron chi connectivity index (χ1n) is 8.59. The number of rotatable bonds is 7. The van der Waals surface area contributed by atoms with Crippen molar-refractivity contribution in [2.24, 2.45) is 0 Å². The Balaban J connectivity index is 1.83. The molecule has 25 heavy (non-hydrogen) atoms. The summed E-state index contributed by atoms with van der Waals surface area (Å²) < 4.78 is 11.5. The molecule has 0 aliphatic carbocycles. The normalized spacial score (nSPS) is 13.0. The maximum atomic E-state index is 12.3. The van der Waals surface area contributed by atoms with Crippen molar-refractivity contribution in [1.29, 1.82) is 0 Å². The molecule has 0 aliphatic rings. The van der Waals surface area contributed by atoms with Gasteiger partial charge in [-0.2, -0.15) is 0 Å². The van der Waals surface area contributed by atoms with Crippen LogP contribution in [0.3, 0.4) is 0 Å². The van der Waals surface area contributed by atoms with Crippen LogP contribution in [-0.4, -0.2) is 24.7 Å². The fourth-order valence-electron chi connectivity index (χ4n) is 2.38. The largest absolute Gasteiger partial charge is 0.491 e. The highest BCUT2D eigenvalue weighted by molar-refractivity contribution is 5.81. The predicted molar refractivity (Wildman–Crippen MR) is 100 cm³/mol. The number of hydrogen-bond donors (Lipinski definition) is 1. The molecule has 2 rings (SSSR count). The topological polar surface area (TPSA) is 47.6 Å². The zero-order valence-corrected chi connectivity index (χ0v) is 15.6. The third kappa shape index (κ3) is 5.52. The number of para-hydroxylation sites is 1. The minimum atomic E-state index is -0.567. The summed E-state index contributed by atoms with van der Waals surface area (Å²) in [6.45, 7) is 10.1. The van der Waals surface area contributed by atoms with Gasteiger partial charge < -0.3 is 14.8 Å². The average molecular weight is 341 g/mol. The average Bonchev–Trinajstić information content (AvgIpc) is 2.57. The quantitative estimate of drug-likeness (QED) is 0.829. The van der Waals surface area contributed by atoms with E-state index in [0.717, 1.165) is 16.9 Å². The van der Waals surface area contributed by atoms with Gasteiger partial charge in [0.25, 0.3) is 5.91 Å². The first-order chi connectivity index (χ1) is 11.9. The Morgan fingerprint density at radius 1 is 1.00 bits per heavy atom. The summed E-state index contributed by atoms with van der Waals surface area (Å²) in [4.78, 5) is 12.3. The van der Waals surface area contributed by atoms with Crippen LogP contribution in [-0.2, 0) is 4.79 Å². The second kappa shape index (κ2) is 8.56. The SMILES string of the molecule is Cc1ccc(O[C@@H](C)C(=O)N[C@H](C)COc2ccccc2C)cc1C. The first-order valence-corrected chi connectivity index (χ1v) is 8.59. The molecule has 0 aromatic heterocycles. The van der Waals surface area contributed by atoms with E-state index in [-0.39, 0.29) is 11.9 Å². The highest BCUT2D eigenvalue weighted by atomic mass is 16.5. The lowest BCUT2D eigenvalue weighted by atomic mass is 10.1. The molecular formula is C21H27NO3. The van der Waals surface area contributed by atoms with Gasteiger partial charge in [-0.1, -0.05) is 24.3 Å². The lowest BCUT2D eigenvalue weighted by molar-refractivity contribution is -0.128. The van der Waals surface area contributed by atoms with Crippen molar-refractivity contribution in [2.75, 3.05) is 6.61 Å². The molecule has 0 radical (unpaired) electrons. The molecule has 0 saturated carbocycles. The Morgan fingerprint density at radius 3 is 2.40 bits per heavy atom. The molecule has 0 bridgehead atoms. The van der Waals surface area contributed by atoms with E-state index < -0.39 is 6.10 Å². The monoisotopic (exact) mass is 341 g/mol. The summed E-state index contributed by atoms with van der Waals surface area (Å²) in [6.07, 6.45) is -0.567. The van der Waals surface area contributed by atoms with E-state index in [1.807, 2.05) is 70.2 Å². The van der Waals surface area contributed by atoms with Crippen LogP contribution < -0.4 is 14.8 Å². The van der Waals surface area contributed by atoms with Gasteiger partial charge in [-0.25, -0.2) is 0 Å². The number of nitrogens with one attached hydrogen (secondary N) is 1. The second-order valence-electron chi connectivity index (χ2n) is 6.49. The predicted octanol–water partition coefficient (Wildman–Crippen LogP) is 3.96. The van der Waals surface area contributed by atoms with E-state index in [1.54, 1.807) is 6.92 Å². The van der Waals surface area contributed by atoms with E-state index in [9.17, 15) is 4.79 Å². The van der Waals surface area contributed by atoms with Crippen LogP contribution in [0.4, 0.5) is 0 Å². The minimum absolute atomic E-state index is 0.113. The van der Waals surface area contributed by atoms with Crippen LogP contribution in [0.5, 0.6) is 11.5 Å². The van der Waals surface area contributed by atoms with Crippen LogP contribution >= 0.6 is 0 Å². The highest BCUT2D eigenvalue weighted by Crippen LogP contribution is 2.18. The number of carbonyl (C=O) groups is 1. The number of benzene rings is 2. The van der Waals surface area contributed by atoms with Gasteiger partial charge in [0.05, 0.1) is 6.04 Å². The van der Waals surface area contributed by atoms with E-state index in [0.29, 0.717) is 12.4 Å². The summed E-state index contributed by atoms with van der Waals surface area (Å²) in [5.74, 6) is 1.39. The molecule has 0 spiro atoms. The van der Waals surface area contributed by atoms with Crippen LogP contribution in [0.1, 0.15) is 30.5 Å². The molecule has 1 N–H and O–H groups in total. The number of ether oxygens (including phenoxy) is 2. The van der Waals surface area contributed by atoms with Crippen molar-refractivity contribution in [2.45, 2.75) is 46.8 Å². The molecule has 0 unspecified atom stereocenters. The van der Waals surface area contributed by atoms with Crippen molar-refractivity contribution in [3.8, 4) is 11.5 Å². The Bertz CT molecular complexity index is 727. The van der Waals surface area contributed by atoms with Gasteiger partial charge in [0.2, 0.25) is 0 Å². The number of amides is 1. The lowest BCUT2D eigenvalue weighted by Gasteiger charge is -2.20. The van der Waals surface area contributed by atoms with Gasteiger partial charge in [-0.05, 0) is 69.5 Å². The molecule has 2 atom stereocenters. The van der Waals surface area contributed by atoms with Gasteiger partial charge >= 0.3 is 0 Å². The Hall–Kier alpha value is -2.49. The van der Waals surface area contributed by atoms with Crippen molar-refractivity contribution in [3.63, 3.8) is 0 Å². The lowest BCUT2D eigenvalue weighted by Crippen LogP contribution is -2.43. The minimum Gasteiger partial charge on any atom is -0.491 e. The van der Waals surface area contributed by atoms with Crippen LogP contribution in [0.2, 0.25) is 0 Å². The smallest absolute Gasteiger partial charge is 0.261 e. The molecule has 134 valence electrons. The van der Waals surface area contributed by atoms with Crippen molar-refractivity contribution in [1.82, 2.24) is 5.32 Å². The summed E-state index contributed by atoms with van der Waals surface area (Å²) >= 11 is 0. The molecule has 2 aromatic carbocycles. The molecule has 0 saturated heterocycles. The highest BCUT2D eigenvalue weighted by Gasteiger charge is 2.17. The molecule has 2 aromatic rings. The van der Waals surface area contributed by atoms with Crippen LogP contribution in [0.25, 0.3) is 0 Å². The fraction of sp³-hybridized carbons (Fsp3) is 0.381. The van der Waals surface area contributed by atoms with Crippen molar-refractivity contribution in [3.05, 3.63) is 59.2 Å². The Labute approximate surface area is 150 Å². The van der Waals surface area contributed by atoms with Gasteiger partial charge in [0.15, 0.2) is 6.10 Å². The van der Waals surface area contributed by atoms with Crippen molar-refractivity contribution >= 4 is 5.91 Å². The summed E-state index contributed by atoms with van der Waals surface area (Å²) in [6, 6.07) is 13.5. The van der Waals surface area contributed by atoms with Gasteiger partial charge in [0.1, 0.15) is 18.1 Å². The first kappa shape index (κ1) is 18.8. The fourth-order valence-corrected chi connectivity index (χ4v) is 2.38. The van der Waals surface area contributed by atoms with Crippen molar-refractivity contribution < 1.29 is 14.3 Å². The number of aryl methyl sites for hydroxylation is 3. The second-order valence-corrected chi connectivity index (χ2v) is 6.49. The Kier molecular flexibility index (Phi) is 6.45. The third-order valence-electron chi connectivity index (χ3n) is 4.13. The molecular weight excluding hydrogens is 314 g/mol. The standard InChI is InChI=1S/C21H27NO3/c1-14-10-11-19(12-16(14)3)25-18(5)21(23)22-17(4)13-24-20-9-7-6-8-15(20)2/h6-12,17-18H,13H2,1-5H3,(H,22,23)/t17-,18+/m1/s1. The summed E-state index contributed by atoms with van der Waals surface area (Å²) in [7, 11) is 0. The maximum absolute atomic E-state index is 12.3. The molecule has 0 aliphatic heterocycles. The molecule has 4 heteroatoms. The maximum Gasteiger partial charge on any atom is 0.261 e. The van der Waals surface area contributed by atoms with Crippen LogP contribution in [0, 0.1) is 20.8 Å². The van der Waals surface area contributed by atoms with E-state index in [1.165, 1.54) is 5.56 Å². The van der Waals surface area contributed by atoms with E-state index in [4.69, 9.17) is 9.47 Å². The molecule has 1 amide bonds. The summed E-state index contributed by atoms with van der Waals surface area (Å²) in [5.41, 5.74) is 3.42. The number of carbonyl (C=O) groups excluding carboxylic acids is 1. The van der Waals surface area contributed by atoms with E-state index >= 15 is 0 Å².